The largest absolute Gasteiger partial charge is 0.494 e. The van der Waals surface area contributed by atoms with Crippen molar-refractivity contribution >= 4 is 33.3 Å². The van der Waals surface area contributed by atoms with Gasteiger partial charge in [0.2, 0.25) is 0 Å². The topological polar surface area (TPSA) is 52.6 Å². The maximum Gasteiger partial charge on any atom is 0.339 e. The van der Waals surface area contributed by atoms with Gasteiger partial charge in [0.25, 0.3) is 0 Å². The Balaban J connectivity index is 2.27. The van der Waals surface area contributed by atoms with Crippen LogP contribution in [0, 0.1) is 0 Å². The third-order valence-corrected chi connectivity index (χ3v) is 4.59. The molecule has 0 N–H and O–H groups in total. The Morgan fingerprint density at radius 3 is 2.33 bits per heavy atom. The highest BCUT2D eigenvalue weighted by atomic mass is 35.5. The Hall–Kier alpha value is -1.43. The second-order valence-electron chi connectivity index (χ2n) is 3.99. The first-order chi connectivity index (χ1) is 9.94. The van der Waals surface area contributed by atoms with E-state index < -0.39 is 10.1 Å². The standard InChI is InChI=1S/C14H12Cl2O4S/c1-2-19-10-6-8-11(9-7-10)21(17,18)20-13-5-3-4-12(15)14(13)16/h3-9H,2H2,1H3. The van der Waals surface area contributed by atoms with Gasteiger partial charge in [-0.05, 0) is 43.3 Å². The second kappa shape index (κ2) is 6.56. The number of benzene rings is 2. The van der Waals surface area contributed by atoms with Crippen molar-refractivity contribution in [1.82, 2.24) is 0 Å². The fourth-order valence-corrected chi connectivity index (χ4v) is 2.90. The van der Waals surface area contributed by atoms with Crippen molar-refractivity contribution in [3.8, 4) is 11.5 Å². The normalized spacial score (nSPS) is 11.2. The van der Waals surface area contributed by atoms with Crippen LogP contribution in [0.2, 0.25) is 10.0 Å². The second-order valence-corrected chi connectivity index (χ2v) is 6.33. The summed E-state index contributed by atoms with van der Waals surface area (Å²) in [5, 5.41) is 0.268. The van der Waals surface area contributed by atoms with Gasteiger partial charge in [0, 0.05) is 0 Å². The SMILES string of the molecule is CCOc1ccc(S(=O)(=O)Oc2cccc(Cl)c2Cl)cc1. The van der Waals surface area contributed by atoms with E-state index in [1.807, 2.05) is 6.92 Å². The summed E-state index contributed by atoms with van der Waals surface area (Å²) in [6, 6.07) is 10.4. The highest BCUT2D eigenvalue weighted by Crippen LogP contribution is 2.33. The molecule has 0 atom stereocenters. The molecule has 0 spiro atoms. The molecule has 0 unspecified atom stereocenters. The van der Waals surface area contributed by atoms with Crippen molar-refractivity contribution in [3.63, 3.8) is 0 Å². The molecule has 0 aliphatic rings. The highest BCUT2D eigenvalue weighted by Gasteiger charge is 2.19. The van der Waals surface area contributed by atoms with E-state index in [9.17, 15) is 8.42 Å². The maximum absolute atomic E-state index is 12.2. The molecule has 0 bridgehead atoms. The average molecular weight is 347 g/mol. The first-order valence-corrected chi connectivity index (χ1v) is 8.22. The van der Waals surface area contributed by atoms with E-state index in [2.05, 4.69) is 0 Å². The van der Waals surface area contributed by atoms with Crippen molar-refractivity contribution in [2.24, 2.45) is 0 Å². The van der Waals surface area contributed by atoms with Crippen LogP contribution in [0.5, 0.6) is 11.5 Å². The molecule has 0 aromatic heterocycles. The number of hydrogen-bond donors (Lipinski definition) is 0. The molecular weight excluding hydrogens is 335 g/mol. The van der Waals surface area contributed by atoms with E-state index in [0.717, 1.165) is 0 Å². The van der Waals surface area contributed by atoms with Gasteiger partial charge in [0.05, 0.1) is 11.6 Å². The fraction of sp³-hybridized carbons (Fsp3) is 0.143. The predicted molar refractivity (Wildman–Crippen MR) is 81.9 cm³/mol. The number of halogens is 2. The van der Waals surface area contributed by atoms with E-state index in [-0.39, 0.29) is 20.7 Å². The number of hydrogen-bond acceptors (Lipinski definition) is 4. The van der Waals surface area contributed by atoms with Crippen LogP contribution in [0.3, 0.4) is 0 Å². The van der Waals surface area contributed by atoms with Crippen molar-refractivity contribution < 1.29 is 17.3 Å². The van der Waals surface area contributed by atoms with E-state index in [4.69, 9.17) is 32.1 Å². The minimum Gasteiger partial charge on any atom is -0.494 e. The lowest BCUT2D eigenvalue weighted by molar-refractivity contribution is 0.340. The van der Waals surface area contributed by atoms with Gasteiger partial charge < -0.3 is 8.92 Å². The van der Waals surface area contributed by atoms with Crippen LogP contribution in [-0.2, 0) is 10.1 Å². The minimum atomic E-state index is -3.98. The molecule has 2 aromatic rings. The Kier molecular flexibility index (Phi) is 4.98. The van der Waals surface area contributed by atoms with Gasteiger partial charge in [-0.1, -0.05) is 29.3 Å². The van der Waals surface area contributed by atoms with Crippen LogP contribution in [-0.4, -0.2) is 15.0 Å². The molecule has 2 aromatic carbocycles. The summed E-state index contributed by atoms with van der Waals surface area (Å²) in [7, 11) is -3.98. The molecule has 4 nitrogen and oxygen atoms in total. The van der Waals surface area contributed by atoms with E-state index >= 15 is 0 Å². The Labute approximate surface area is 133 Å². The molecule has 0 fully saturated rings. The Morgan fingerprint density at radius 1 is 1.05 bits per heavy atom. The summed E-state index contributed by atoms with van der Waals surface area (Å²) in [6.07, 6.45) is 0. The summed E-state index contributed by atoms with van der Waals surface area (Å²) in [5.41, 5.74) is 0. The summed E-state index contributed by atoms with van der Waals surface area (Å²) >= 11 is 11.7. The smallest absolute Gasteiger partial charge is 0.339 e. The van der Waals surface area contributed by atoms with E-state index in [1.54, 1.807) is 24.3 Å². The van der Waals surface area contributed by atoms with Gasteiger partial charge >= 0.3 is 10.1 Å². The van der Waals surface area contributed by atoms with Crippen LogP contribution in [0.25, 0.3) is 0 Å². The molecule has 0 saturated heterocycles. The van der Waals surface area contributed by atoms with Gasteiger partial charge in [0.15, 0.2) is 5.75 Å². The minimum absolute atomic E-state index is 0.00185. The zero-order chi connectivity index (χ0) is 15.5. The fourth-order valence-electron chi connectivity index (χ4n) is 1.58. The van der Waals surface area contributed by atoms with Gasteiger partial charge in [-0.15, -0.1) is 0 Å². The van der Waals surface area contributed by atoms with Crippen molar-refractivity contribution in [3.05, 3.63) is 52.5 Å². The molecule has 21 heavy (non-hydrogen) atoms. The predicted octanol–water partition coefficient (Wildman–Crippen LogP) is 4.16. The summed E-state index contributed by atoms with van der Waals surface area (Å²) in [6.45, 7) is 2.34. The molecule has 0 aliphatic heterocycles. The molecule has 7 heteroatoms. The first kappa shape index (κ1) is 15.9. The quantitative estimate of drug-likeness (QED) is 0.762. The molecule has 2 rings (SSSR count). The number of ether oxygens (including phenoxy) is 1. The molecule has 0 amide bonds. The molecule has 0 heterocycles. The molecule has 0 saturated carbocycles. The monoisotopic (exact) mass is 346 g/mol. The lowest BCUT2D eigenvalue weighted by Crippen LogP contribution is -2.10. The van der Waals surface area contributed by atoms with Crippen LogP contribution in [0.15, 0.2) is 47.4 Å². The summed E-state index contributed by atoms with van der Waals surface area (Å²) < 4.78 is 34.6. The maximum atomic E-state index is 12.2. The van der Waals surface area contributed by atoms with Crippen molar-refractivity contribution in [1.29, 1.82) is 0 Å². The Morgan fingerprint density at radius 2 is 1.71 bits per heavy atom. The van der Waals surface area contributed by atoms with Crippen LogP contribution >= 0.6 is 23.2 Å². The first-order valence-electron chi connectivity index (χ1n) is 6.05. The summed E-state index contributed by atoms with van der Waals surface area (Å²) in [5.74, 6) is 0.565. The summed E-state index contributed by atoms with van der Waals surface area (Å²) in [4.78, 5) is 0.00185. The van der Waals surface area contributed by atoms with E-state index in [1.165, 1.54) is 18.2 Å². The third-order valence-electron chi connectivity index (χ3n) is 2.54. The molecular formula is C14H12Cl2O4S. The van der Waals surface area contributed by atoms with Gasteiger partial charge in [-0.3, -0.25) is 0 Å². The van der Waals surface area contributed by atoms with Crippen molar-refractivity contribution in [2.75, 3.05) is 6.61 Å². The van der Waals surface area contributed by atoms with Crippen molar-refractivity contribution in [2.45, 2.75) is 11.8 Å². The zero-order valence-corrected chi connectivity index (χ0v) is 13.4. The average Bonchev–Trinajstić information content (AvgIpc) is 2.45. The van der Waals surface area contributed by atoms with Crippen LogP contribution in [0.1, 0.15) is 6.92 Å². The number of rotatable bonds is 5. The third kappa shape index (κ3) is 3.81. The van der Waals surface area contributed by atoms with Crippen LogP contribution in [0.4, 0.5) is 0 Å². The lowest BCUT2D eigenvalue weighted by atomic mass is 10.3. The van der Waals surface area contributed by atoms with Crippen LogP contribution < -0.4 is 8.92 Å². The lowest BCUT2D eigenvalue weighted by Gasteiger charge is -2.09. The molecule has 0 radical (unpaired) electrons. The Bertz CT molecular complexity index is 727. The van der Waals surface area contributed by atoms with Gasteiger partial charge in [0.1, 0.15) is 15.7 Å². The molecule has 0 aliphatic carbocycles. The van der Waals surface area contributed by atoms with Gasteiger partial charge in [-0.2, -0.15) is 8.42 Å². The molecule has 112 valence electrons. The highest BCUT2D eigenvalue weighted by molar-refractivity contribution is 7.87. The van der Waals surface area contributed by atoms with Gasteiger partial charge in [-0.25, -0.2) is 0 Å². The zero-order valence-electron chi connectivity index (χ0n) is 11.0. The van der Waals surface area contributed by atoms with E-state index in [0.29, 0.717) is 12.4 Å².